The number of aliphatic hydroxyl groups is 1. The Morgan fingerprint density at radius 3 is 2.44 bits per heavy atom. The van der Waals surface area contributed by atoms with Crippen molar-refractivity contribution in [3.63, 3.8) is 0 Å². The highest BCUT2D eigenvalue weighted by Gasteiger charge is 2.18. The monoisotopic (exact) mass is 478 g/mol. The zero-order valence-electron chi connectivity index (χ0n) is 19.3. The van der Waals surface area contributed by atoms with Crippen LogP contribution >= 0.6 is 0 Å². The zero-order valence-corrected chi connectivity index (χ0v) is 19.3. The Hall–Kier alpha value is -3.15. The molecule has 0 spiro atoms. The van der Waals surface area contributed by atoms with Gasteiger partial charge in [0.05, 0.1) is 12.6 Å². The van der Waals surface area contributed by atoms with Crippen molar-refractivity contribution in [2.24, 2.45) is 0 Å². The summed E-state index contributed by atoms with van der Waals surface area (Å²) in [7, 11) is 3.23. The van der Waals surface area contributed by atoms with E-state index in [-0.39, 0.29) is 29.7 Å². The van der Waals surface area contributed by atoms with Crippen LogP contribution in [0.25, 0.3) is 11.0 Å². The van der Waals surface area contributed by atoms with E-state index in [0.717, 1.165) is 12.1 Å². The quantitative estimate of drug-likeness (QED) is 0.409. The van der Waals surface area contributed by atoms with Gasteiger partial charge >= 0.3 is 0 Å². The molecule has 0 amide bonds. The zero-order chi connectivity index (χ0) is 24.7. The first-order chi connectivity index (χ1) is 16.3. The SMILES string of the molecule is COCCC(CCOC)Nc1ncc2cc(Oc3ccc(F)cc3F)c(=O)n(C[C@H](C)O)c2n1. The molecule has 0 saturated heterocycles. The molecule has 0 aliphatic rings. The van der Waals surface area contributed by atoms with Gasteiger partial charge in [-0.15, -0.1) is 0 Å². The largest absolute Gasteiger partial charge is 0.448 e. The van der Waals surface area contributed by atoms with Gasteiger partial charge in [-0.3, -0.25) is 9.36 Å². The van der Waals surface area contributed by atoms with Gasteiger partial charge in [0.1, 0.15) is 11.5 Å². The van der Waals surface area contributed by atoms with Crippen molar-refractivity contribution in [1.82, 2.24) is 14.5 Å². The van der Waals surface area contributed by atoms with E-state index < -0.39 is 23.3 Å². The Labute approximate surface area is 195 Å². The highest BCUT2D eigenvalue weighted by molar-refractivity contribution is 5.77. The van der Waals surface area contributed by atoms with Crippen LogP contribution in [0.15, 0.2) is 35.3 Å². The third kappa shape index (κ3) is 6.46. The number of aliphatic hydroxyl groups excluding tert-OH is 1. The molecular weight excluding hydrogens is 450 g/mol. The predicted octanol–water partition coefficient (Wildman–Crippen LogP) is 3.10. The fourth-order valence-electron chi connectivity index (χ4n) is 3.38. The number of benzene rings is 1. The molecule has 0 unspecified atom stereocenters. The molecule has 2 N–H and O–H groups in total. The van der Waals surface area contributed by atoms with E-state index in [1.54, 1.807) is 14.2 Å². The lowest BCUT2D eigenvalue weighted by atomic mass is 10.1. The Morgan fingerprint density at radius 2 is 1.82 bits per heavy atom. The number of hydrogen-bond donors (Lipinski definition) is 2. The van der Waals surface area contributed by atoms with Crippen molar-refractivity contribution in [3.05, 3.63) is 52.5 Å². The maximum Gasteiger partial charge on any atom is 0.295 e. The lowest BCUT2D eigenvalue weighted by Crippen LogP contribution is -2.28. The topological polar surface area (TPSA) is 108 Å². The van der Waals surface area contributed by atoms with Crippen LogP contribution in [0.2, 0.25) is 0 Å². The number of rotatable bonds is 12. The Balaban J connectivity index is 2.00. The van der Waals surface area contributed by atoms with Crippen LogP contribution in [0, 0.1) is 11.6 Å². The molecule has 2 heterocycles. The number of nitrogens with one attached hydrogen (secondary N) is 1. The fourth-order valence-corrected chi connectivity index (χ4v) is 3.38. The second-order valence-electron chi connectivity index (χ2n) is 7.83. The van der Waals surface area contributed by atoms with E-state index in [4.69, 9.17) is 14.2 Å². The van der Waals surface area contributed by atoms with Gasteiger partial charge < -0.3 is 24.6 Å². The van der Waals surface area contributed by atoms with E-state index in [1.807, 2.05) is 0 Å². The van der Waals surface area contributed by atoms with Gasteiger partial charge in [-0.25, -0.2) is 13.8 Å². The first-order valence-corrected chi connectivity index (χ1v) is 10.8. The summed E-state index contributed by atoms with van der Waals surface area (Å²) in [6.45, 7) is 2.51. The molecule has 11 heteroatoms. The van der Waals surface area contributed by atoms with Gasteiger partial charge in [0, 0.05) is 51.1 Å². The van der Waals surface area contributed by atoms with E-state index >= 15 is 0 Å². The fraction of sp³-hybridized carbons (Fsp3) is 0.435. The normalized spacial score (nSPS) is 12.3. The van der Waals surface area contributed by atoms with E-state index in [2.05, 4.69) is 15.3 Å². The van der Waals surface area contributed by atoms with Crippen molar-refractivity contribution in [3.8, 4) is 11.5 Å². The molecule has 0 aliphatic carbocycles. The van der Waals surface area contributed by atoms with Crippen molar-refractivity contribution in [2.45, 2.75) is 38.5 Å². The second kappa shape index (κ2) is 11.8. The van der Waals surface area contributed by atoms with E-state index in [1.165, 1.54) is 23.8 Å². The summed E-state index contributed by atoms with van der Waals surface area (Å²) in [6, 6.07) is 4.14. The van der Waals surface area contributed by atoms with Gasteiger partial charge in [-0.1, -0.05) is 0 Å². The average Bonchev–Trinajstić information content (AvgIpc) is 2.80. The first kappa shape index (κ1) is 25.5. The average molecular weight is 478 g/mol. The highest BCUT2D eigenvalue weighted by atomic mass is 19.1. The number of halogens is 2. The number of nitrogens with zero attached hydrogens (tertiary/aromatic N) is 3. The lowest BCUT2D eigenvalue weighted by Gasteiger charge is -2.19. The lowest BCUT2D eigenvalue weighted by molar-refractivity contribution is 0.167. The van der Waals surface area contributed by atoms with Gasteiger partial charge in [0.25, 0.3) is 5.56 Å². The smallest absolute Gasteiger partial charge is 0.295 e. The maximum absolute atomic E-state index is 14.1. The van der Waals surface area contributed by atoms with Crippen LogP contribution in [0.4, 0.5) is 14.7 Å². The van der Waals surface area contributed by atoms with Crippen LogP contribution in [-0.2, 0) is 16.0 Å². The van der Waals surface area contributed by atoms with Crippen LogP contribution in [0.1, 0.15) is 19.8 Å². The van der Waals surface area contributed by atoms with Gasteiger partial charge in [0.2, 0.25) is 5.95 Å². The number of pyridine rings is 1. The minimum Gasteiger partial charge on any atom is -0.448 e. The molecule has 0 radical (unpaired) electrons. The number of ether oxygens (including phenoxy) is 3. The molecule has 34 heavy (non-hydrogen) atoms. The third-order valence-corrected chi connectivity index (χ3v) is 5.03. The number of hydrogen-bond acceptors (Lipinski definition) is 8. The Bertz CT molecular complexity index is 1160. The summed E-state index contributed by atoms with van der Waals surface area (Å²) in [4.78, 5) is 22.0. The van der Waals surface area contributed by atoms with E-state index in [9.17, 15) is 18.7 Å². The molecule has 1 aromatic carbocycles. The Morgan fingerprint density at radius 1 is 1.12 bits per heavy atom. The minimum atomic E-state index is -0.949. The van der Waals surface area contributed by atoms with Gasteiger partial charge in [0.15, 0.2) is 17.3 Å². The van der Waals surface area contributed by atoms with Gasteiger partial charge in [-0.05, 0) is 38.0 Å². The number of methoxy groups -OCH3 is 2. The van der Waals surface area contributed by atoms with Crippen LogP contribution < -0.4 is 15.6 Å². The number of fused-ring (bicyclic) bond motifs is 1. The molecule has 3 rings (SSSR count). The van der Waals surface area contributed by atoms with Crippen LogP contribution in [-0.4, -0.2) is 59.2 Å². The molecule has 9 nitrogen and oxygen atoms in total. The standard InChI is InChI=1S/C23H28F2N4O5/c1-14(30)13-29-21-15(10-20(22(29)31)34-19-5-4-16(24)11-18(19)25)12-26-23(28-21)27-17(6-8-32-2)7-9-33-3/h4-5,10-12,14,17,30H,6-9,13H2,1-3H3,(H,26,27,28)/t14-/m0/s1. The molecule has 2 aromatic heterocycles. The van der Waals surface area contributed by atoms with E-state index in [0.29, 0.717) is 43.5 Å². The summed E-state index contributed by atoms with van der Waals surface area (Å²) in [5.74, 6) is -1.93. The van der Waals surface area contributed by atoms with Crippen molar-refractivity contribution < 1.29 is 28.1 Å². The summed E-state index contributed by atoms with van der Waals surface area (Å²) in [5, 5.41) is 13.6. The van der Waals surface area contributed by atoms with Crippen molar-refractivity contribution >= 4 is 17.0 Å². The molecule has 0 aliphatic heterocycles. The molecular formula is C23H28F2N4O5. The molecule has 184 valence electrons. The third-order valence-electron chi connectivity index (χ3n) is 5.03. The van der Waals surface area contributed by atoms with Crippen molar-refractivity contribution in [1.29, 1.82) is 0 Å². The first-order valence-electron chi connectivity index (χ1n) is 10.8. The number of aromatic nitrogens is 3. The highest BCUT2D eigenvalue weighted by Crippen LogP contribution is 2.25. The Kier molecular flexibility index (Phi) is 8.85. The van der Waals surface area contributed by atoms with Crippen LogP contribution in [0.3, 0.4) is 0 Å². The maximum atomic E-state index is 14.1. The number of anilines is 1. The van der Waals surface area contributed by atoms with Crippen LogP contribution in [0.5, 0.6) is 11.5 Å². The molecule has 1 atom stereocenters. The summed E-state index contributed by atoms with van der Waals surface area (Å²) < 4.78 is 44.3. The molecule has 3 aromatic rings. The molecule has 0 fully saturated rings. The predicted molar refractivity (Wildman–Crippen MR) is 122 cm³/mol. The summed E-state index contributed by atoms with van der Waals surface area (Å²) >= 11 is 0. The van der Waals surface area contributed by atoms with Gasteiger partial charge in [-0.2, -0.15) is 4.98 Å². The van der Waals surface area contributed by atoms with Crippen molar-refractivity contribution in [2.75, 3.05) is 32.8 Å². The second-order valence-corrected chi connectivity index (χ2v) is 7.83. The summed E-state index contributed by atoms with van der Waals surface area (Å²) in [6.07, 6.45) is 2.01. The molecule has 0 bridgehead atoms. The molecule has 0 saturated carbocycles. The minimum absolute atomic E-state index is 0.0293. The summed E-state index contributed by atoms with van der Waals surface area (Å²) in [5.41, 5.74) is -0.357.